The van der Waals surface area contributed by atoms with Crippen molar-refractivity contribution in [2.75, 3.05) is 0 Å². The number of halogens is 2. The molecule has 0 saturated heterocycles. The zero-order valence-corrected chi connectivity index (χ0v) is 18.8. The predicted molar refractivity (Wildman–Crippen MR) is 117 cm³/mol. The van der Waals surface area contributed by atoms with Gasteiger partial charge in [-0.25, -0.2) is 5.01 Å². The molecule has 1 aliphatic carbocycles. The molecule has 2 unspecified atom stereocenters. The molecule has 29 heavy (non-hydrogen) atoms. The Kier molecular flexibility index (Phi) is 4.34. The molecule has 5 rings (SSSR count). The van der Waals surface area contributed by atoms with Crippen LogP contribution in [0, 0.1) is 5.41 Å². The van der Waals surface area contributed by atoms with Crippen molar-refractivity contribution in [2.45, 2.75) is 51.3 Å². The van der Waals surface area contributed by atoms with Crippen LogP contribution in [-0.2, 0) is 4.79 Å². The van der Waals surface area contributed by atoms with Crippen LogP contribution in [0.15, 0.2) is 52.0 Å². The molecule has 0 amide bonds. The Bertz CT molecular complexity index is 1030. The highest BCUT2D eigenvalue weighted by molar-refractivity contribution is 9.10. The zero-order chi connectivity index (χ0) is 20.4. The summed E-state index contributed by atoms with van der Waals surface area (Å²) < 4.78 is 7.61. The standard InChI is InChI=1S/C23H22BrClN2O2/c1-22(2)11-17(28)12-23(13-22)27-20(18-9-16(25)7-8-21(18)29-23)10-19(26-27)14-3-5-15(24)6-4-14/h3-9,20H,10-13H2,1-2H3. The average Bonchev–Trinajstić information content (AvgIpc) is 3.08. The van der Waals surface area contributed by atoms with Crippen molar-refractivity contribution in [3.8, 4) is 5.75 Å². The number of nitrogens with zero attached hydrogens (tertiary/aromatic N) is 2. The summed E-state index contributed by atoms with van der Waals surface area (Å²) in [6, 6.07) is 14.0. The van der Waals surface area contributed by atoms with Crippen LogP contribution in [0.2, 0.25) is 5.02 Å². The van der Waals surface area contributed by atoms with E-state index in [0.29, 0.717) is 17.9 Å². The van der Waals surface area contributed by atoms with Crippen molar-refractivity contribution in [2.24, 2.45) is 10.5 Å². The highest BCUT2D eigenvalue weighted by Crippen LogP contribution is 2.54. The summed E-state index contributed by atoms with van der Waals surface area (Å²) in [6.45, 7) is 4.27. The van der Waals surface area contributed by atoms with E-state index in [1.165, 1.54) is 0 Å². The van der Waals surface area contributed by atoms with Gasteiger partial charge in [0.25, 0.3) is 0 Å². The first-order valence-electron chi connectivity index (χ1n) is 9.88. The number of hydrazone groups is 1. The Balaban J connectivity index is 1.63. The van der Waals surface area contributed by atoms with Crippen molar-refractivity contribution in [1.29, 1.82) is 0 Å². The van der Waals surface area contributed by atoms with E-state index in [1.54, 1.807) is 0 Å². The lowest BCUT2D eigenvalue weighted by Gasteiger charge is -2.52. The number of Topliss-reactive ketones (excluding diaryl/α,β-unsaturated/α-hetero) is 1. The van der Waals surface area contributed by atoms with Crippen molar-refractivity contribution in [1.82, 2.24) is 5.01 Å². The summed E-state index contributed by atoms with van der Waals surface area (Å²) in [5, 5.41) is 7.77. The second-order valence-corrected chi connectivity index (χ2v) is 10.4. The number of carbonyl (C=O) groups excluding carboxylic acids is 1. The van der Waals surface area contributed by atoms with Gasteiger partial charge in [-0.15, -0.1) is 0 Å². The molecule has 150 valence electrons. The fourth-order valence-corrected chi connectivity index (χ4v) is 5.53. The third-order valence-corrected chi connectivity index (χ3v) is 6.80. The Labute approximate surface area is 184 Å². The minimum atomic E-state index is -0.749. The Morgan fingerprint density at radius 3 is 2.66 bits per heavy atom. The van der Waals surface area contributed by atoms with Crippen molar-refractivity contribution in [3.05, 3.63) is 63.1 Å². The van der Waals surface area contributed by atoms with E-state index >= 15 is 0 Å². The third-order valence-electron chi connectivity index (χ3n) is 6.04. The zero-order valence-electron chi connectivity index (χ0n) is 16.4. The molecule has 0 aromatic heterocycles. The predicted octanol–water partition coefficient (Wildman–Crippen LogP) is 6.12. The van der Waals surface area contributed by atoms with Crippen LogP contribution in [0.3, 0.4) is 0 Å². The fourth-order valence-electron chi connectivity index (χ4n) is 5.08. The van der Waals surface area contributed by atoms with Crippen LogP contribution >= 0.6 is 27.5 Å². The number of rotatable bonds is 1. The molecule has 3 aliphatic rings. The molecular weight excluding hydrogens is 452 g/mol. The minimum Gasteiger partial charge on any atom is -0.466 e. The van der Waals surface area contributed by atoms with Crippen molar-refractivity contribution in [3.63, 3.8) is 0 Å². The number of fused-ring (bicyclic) bond motifs is 4. The lowest BCUT2D eigenvalue weighted by Crippen LogP contribution is -2.59. The van der Waals surface area contributed by atoms with E-state index in [0.717, 1.165) is 39.9 Å². The van der Waals surface area contributed by atoms with Gasteiger partial charge in [0.05, 0.1) is 18.2 Å². The van der Waals surface area contributed by atoms with E-state index in [2.05, 4.69) is 46.9 Å². The number of ketones is 1. The molecule has 2 aromatic rings. The minimum absolute atomic E-state index is 0.0118. The highest BCUT2D eigenvalue weighted by Gasteiger charge is 2.56. The summed E-state index contributed by atoms with van der Waals surface area (Å²) in [5.41, 5.74) is 2.24. The fraction of sp³-hybridized carbons (Fsp3) is 0.391. The maximum atomic E-state index is 12.7. The Morgan fingerprint density at radius 2 is 1.93 bits per heavy atom. The van der Waals surface area contributed by atoms with Gasteiger partial charge in [0.1, 0.15) is 11.5 Å². The van der Waals surface area contributed by atoms with Gasteiger partial charge >= 0.3 is 0 Å². The maximum Gasteiger partial charge on any atom is 0.205 e. The first kappa shape index (κ1) is 19.1. The van der Waals surface area contributed by atoms with Gasteiger partial charge < -0.3 is 4.74 Å². The van der Waals surface area contributed by atoms with Crippen molar-refractivity contribution < 1.29 is 9.53 Å². The quantitative estimate of drug-likeness (QED) is 0.501. The van der Waals surface area contributed by atoms with E-state index < -0.39 is 5.72 Å². The number of ether oxygens (including phenoxy) is 1. The molecule has 0 radical (unpaired) electrons. The number of benzene rings is 2. The average molecular weight is 474 g/mol. The first-order valence-corrected chi connectivity index (χ1v) is 11.0. The van der Waals surface area contributed by atoms with E-state index in [1.807, 2.05) is 30.3 Å². The largest absolute Gasteiger partial charge is 0.466 e. The molecule has 6 heteroatoms. The van der Waals surface area contributed by atoms with E-state index in [9.17, 15) is 4.79 Å². The van der Waals surface area contributed by atoms with E-state index in [-0.39, 0.29) is 17.2 Å². The Hall–Kier alpha value is -1.85. The summed E-state index contributed by atoms with van der Waals surface area (Å²) in [5.74, 6) is 1.04. The number of hydrogen-bond acceptors (Lipinski definition) is 4. The van der Waals surface area contributed by atoms with Gasteiger partial charge in [0, 0.05) is 34.3 Å². The van der Waals surface area contributed by atoms with Gasteiger partial charge in [0.15, 0.2) is 0 Å². The second kappa shape index (κ2) is 6.58. The van der Waals surface area contributed by atoms with Gasteiger partial charge in [-0.2, -0.15) is 5.10 Å². The van der Waals surface area contributed by atoms with Crippen LogP contribution in [0.25, 0.3) is 0 Å². The summed E-state index contributed by atoms with van der Waals surface area (Å²) in [7, 11) is 0. The maximum absolute atomic E-state index is 12.7. The third kappa shape index (κ3) is 3.28. The molecular formula is C23H22BrClN2O2. The normalized spacial score (nSPS) is 27.3. The number of carbonyl (C=O) groups is 1. The van der Waals surface area contributed by atoms with Crippen LogP contribution in [0.1, 0.15) is 56.7 Å². The van der Waals surface area contributed by atoms with Gasteiger partial charge in [-0.05, 0) is 41.3 Å². The van der Waals surface area contributed by atoms with Crippen LogP contribution in [-0.4, -0.2) is 22.2 Å². The lowest BCUT2D eigenvalue weighted by molar-refractivity contribution is -0.171. The van der Waals surface area contributed by atoms with E-state index in [4.69, 9.17) is 21.4 Å². The van der Waals surface area contributed by atoms with Crippen LogP contribution in [0.5, 0.6) is 5.75 Å². The van der Waals surface area contributed by atoms with Gasteiger partial charge in [-0.1, -0.05) is 53.5 Å². The van der Waals surface area contributed by atoms with Crippen LogP contribution in [0.4, 0.5) is 0 Å². The lowest BCUT2D eigenvalue weighted by atomic mass is 9.71. The SMILES string of the molecule is CC1(C)CC(=O)CC2(C1)Oc1ccc(Cl)cc1C1CC(c3ccc(Br)cc3)=NN12. The van der Waals surface area contributed by atoms with Gasteiger partial charge in [-0.3, -0.25) is 4.79 Å². The molecule has 1 saturated carbocycles. The molecule has 2 atom stereocenters. The van der Waals surface area contributed by atoms with Crippen molar-refractivity contribution >= 4 is 39.0 Å². The number of hydrogen-bond donors (Lipinski definition) is 0. The Morgan fingerprint density at radius 1 is 1.17 bits per heavy atom. The second-order valence-electron chi connectivity index (χ2n) is 9.08. The highest BCUT2D eigenvalue weighted by atomic mass is 79.9. The molecule has 2 aliphatic heterocycles. The molecule has 0 N–H and O–H groups in total. The smallest absolute Gasteiger partial charge is 0.205 e. The summed E-state index contributed by atoms with van der Waals surface area (Å²) >= 11 is 9.81. The summed E-state index contributed by atoms with van der Waals surface area (Å²) in [4.78, 5) is 12.7. The molecule has 0 bridgehead atoms. The first-order chi connectivity index (χ1) is 13.7. The molecule has 2 heterocycles. The van der Waals surface area contributed by atoms with Gasteiger partial charge in [0.2, 0.25) is 5.72 Å². The van der Waals surface area contributed by atoms with Crippen LogP contribution < -0.4 is 4.74 Å². The topological polar surface area (TPSA) is 41.9 Å². The molecule has 1 fully saturated rings. The summed E-state index contributed by atoms with van der Waals surface area (Å²) in [6.07, 6.45) is 2.44. The monoisotopic (exact) mass is 472 g/mol. The molecule has 2 aromatic carbocycles. The molecule has 4 nitrogen and oxygen atoms in total. The molecule has 1 spiro atoms.